The van der Waals surface area contributed by atoms with Crippen LogP contribution in [0.5, 0.6) is 5.75 Å². The van der Waals surface area contributed by atoms with Crippen molar-refractivity contribution in [3.63, 3.8) is 0 Å². The van der Waals surface area contributed by atoms with Gasteiger partial charge in [0.05, 0.1) is 4.90 Å². The summed E-state index contributed by atoms with van der Waals surface area (Å²) in [4.78, 5) is -0.202. The lowest BCUT2D eigenvalue weighted by Crippen LogP contribution is -2.50. The van der Waals surface area contributed by atoms with Gasteiger partial charge < -0.3 is 9.29 Å². The lowest BCUT2D eigenvalue weighted by atomic mass is 10.00. The van der Waals surface area contributed by atoms with Gasteiger partial charge in [-0.2, -0.15) is 13.2 Å². The number of nitrogens with two attached hydrogens (primary N) is 1. The van der Waals surface area contributed by atoms with Gasteiger partial charge >= 0.3 is 11.9 Å². The number of nitrogens with zero attached hydrogens (tertiary/aromatic N) is 1. The van der Waals surface area contributed by atoms with Crippen LogP contribution in [0.1, 0.15) is 33.5 Å². The van der Waals surface area contributed by atoms with Crippen molar-refractivity contribution in [2.45, 2.75) is 37.9 Å². The fourth-order valence-electron chi connectivity index (χ4n) is 3.59. The van der Waals surface area contributed by atoms with Crippen LogP contribution in [-0.4, -0.2) is 13.0 Å². The number of aromatic nitrogens is 1. The van der Waals surface area contributed by atoms with Crippen LogP contribution >= 0.6 is 0 Å². The Hall–Kier alpha value is -3.11. The third-order valence-corrected chi connectivity index (χ3v) is 5.99. The molecule has 0 saturated heterocycles. The molecule has 1 aromatic heterocycles. The fraction of sp³-hybridized carbons (Fsp3) is 0.227. The van der Waals surface area contributed by atoms with Crippen molar-refractivity contribution < 1.29 is 35.6 Å². The van der Waals surface area contributed by atoms with Gasteiger partial charge in [0.1, 0.15) is 16.7 Å². The minimum absolute atomic E-state index is 0.0817. The van der Waals surface area contributed by atoms with E-state index in [0.29, 0.717) is 27.8 Å². The molecule has 0 radical (unpaired) electrons. The molecule has 32 heavy (non-hydrogen) atoms. The maximum Gasteiger partial charge on any atom is 0.484 e. The number of aryl methyl sites for hydroxylation is 2. The van der Waals surface area contributed by atoms with E-state index in [1.165, 1.54) is 12.1 Å². The maximum atomic E-state index is 13.2. The van der Waals surface area contributed by atoms with Crippen LogP contribution in [0.25, 0.3) is 0 Å². The highest BCUT2D eigenvalue weighted by atomic mass is 32.2. The summed E-state index contributed by atoms with van der Waals surface area (Å²) in [5.74, 6) is 5.02. The standard InChI is InChI=1S/C22H21F3N2O4S/c1-14-10-18(11-15(2)20(14)32(28,29)30)12-16-5-7-17(8-6-16)13-31-19-4-3-9-27(26)21(19)22(23,24)25/h3-11H,12-13,26H2,1-2H3. The summed E-state index contributed by atoms with van der Waals surface area (Å²) in [6.45, 7) is 3.07. The monoisotopic (exact) mass is 466 g/mol. The average Bonchev–Trinajstić information content (AvgIpc) is 2.64. The summed E-state index contributed by atoms with van der Waals surface area (Å²) in [6, 6.07) is 13.0. The third-order valence-electron chi connectivity index (χ3n) is 4.85. The molecule has 1 heterocycles. The molecule has 0 bridgehead atoms. The molecule has 0 aliphatic carbocycles. The SMILES string of the molecule is Cc1cc(Cc2ccc(COc3ccc[n+](N)c3C(F)(F)F)cc2)cc(C)c1S(=O)(=O)[O-]. The first kappa shape index (κ1) is 23.6. The van der Waals surface area contributed by atoms with Crippen molar-refractivity contribution in [3.8, 4) is 5.75 Å². The maximum absolute atomic E-state index is 13.2. The number of hydrogen-bond donors (Lipinski definition) is 1. The Labute approximate surface area is 183 Å². The molecule has 0 amide bonds. The van der Waals surface area contributed by atoms with Gasteiger partial charge in [-0.05, 0) is 54.2 Å². The molecule has 10 heteroatoms. The number of alkyl halides is 3. The Morgan fingerprint density at radius 1 is 1.00 bits per heavy atom. The van der Waals surface area contributed by atoms with E-state index >= 15 is 0 Å². The van der Waals surface area contributed by atoms with Crippen LogP contribution in [-0.2, 0) is 29.3 Å². The van der Waals surface area contributed by atoms with Crippen molar-refractivity contribution in [2.75, 3.05) is 5.84 Å². The van der Waals surface area contributed by atoms with Gasteiger partial charge in [0.15, 0.2) is 11.9 Å². The first-order chi connectivity index (χ1) is 14.9. The van der Waals surface area contributed by atoms with Gasteiger partial charge in [-0.25, -0.2) is 14.3 Å². The zero-order valence-electron chi connectivity index (χ0n) is 17.3. The highest BCUT2D eigenvalue weighted by Gasteiger charge is 2.45. The van der Waals surface area contributed by atoms with Gasteiger partial charge in [0.25, 0.3) is 0 Å². The number of ether oxygens (including phenoxy) is 1. The number of pyridine rings is 1. The Morgan fingerprint density at radius 3 is 2.09 bits per heavy atom. The van der Waals surface area contributed by atoms with E-state index in [1.807, 2.05) is 0 Å². The molecule has 2 N–H and O–H groups in total. The van der Waals surface area contributed by atoms with E-state index in [2.05, 4.69) is 0 Å². The van der Waals surface area contributed by atoms with Crippen LogP contribution in [0.2, 0.25) is 0 Å². The molecule has 3 rings (SSSR count). The molecular weight excluding hydrogens is 445 g/mol. The van der Waals surface area contributed by atoms with Crippen LogP contribution in [0.3, 0.4) is 0 Å². The molecule has 0 saturated carbocycles. The first-order valence-electron chi connectivity index (χ1n) is 9.50. The smallest absolute Gasteiger partial charge is 0.484 e. The summed E-state index contributed by atoms with van der Waals surface area (Å²) in [7, 11) is -4.55. The minimum atomic E-state index is -4.66. The molecule has 0 aliphatic heterocycles. The van der Waals surface area contributed by atoms with E-state index in [9.17, 15) is 26.1 Å². The highest BCUT2D eigenvalue weighted by Crippen LogP contribution is 2.33. The molecule has 0 aliphatic rings. The second kappa shape index (κ2) is 8.79. The van der Waals surface area contributed by atoms with Gasteiger partial charge in [0.2, 0.25) is 0 Å². The second-order valence-corrected chi connectivity index (χ2v) is 8.74. The first-order valence-corrected chi connectivity index (χ1v) is 10.9. The van der Waals surface area contributed by atoms with E-state index in [4.69, 9.17) is 10.6 Å². The van der Waals surface area contributed by atoms with Crippen molar-refractivity contribution in [1.82, 2.24) is 0 Å². The van der Waals surface area contributed by atoms with Crippen LogP contribution < -0.4 is 15.3 Å². The Kier molecular flexibility index (Phi) is 6.47. The average molecular weight is 466 g/mol. The lowest BCUT2D eigenvalue weighted by molar-refractivity contribution is -0.660. The number of halogens is 3. The predicted octanol–water partition coefficient (Wildman–Crippen LogP) is 3.40. The Bertz CT molecular complexity index is 1220. The summed E-state index contributed by atoms with van der Waals surface area (Å²) in [5, 5.41) is 0. The summed E-state index contributed by atoms with van der Waals surface area (Å²) in [5.41, 5.74) is 2.10. The van der Waals surface area contributed by atoms with Crippen molar-refractivity contribution in [2.24, 2.45) is 0 Å². The fourth-order valence-corrected chi connectivity index (χ4v) is 4.50. The largest absolute Gasteiger partial charge is 0.744 e. The molecule has 170 valence electrons. The topological polar surface area (TPSA) is 96.3 Å². The molecule has 0 fully saturated rings. The molecule has 0 unspecified atom stereocenters. The number of nitrogen functional groups attached to an aromatic ring is 1. The van der Waals surface area contributed by atoms with E-state index in [-0.39, 0.29) is 17.3 Å². The predicted molar refractivity (Wildman–Crippen MR) is 109 cm³/mol. The quantitative estimate of drug-likeness (QED) is 0.341. The van der Waals surface area contributed by atoms with Crippen molar-refractivity contribution in [3.05, 3.63) is 88.2 Å². The number of hydrogen-bond acceptors (Lipinski definition) is 5. The molecule has 0 atom stereocenters. The third kappa shape index (κ3) is 5.38. The molecule has 6 nitrogen and oxygen atoms in total. The Morgan fingerprint density at radius 2 is 1.56 bits per heavy atom. The number of benzene rings is 2. The summed E-state index contributed by atoms with van der Waals surface area (Å²) in [6.07, 6.45) is -3.08. The van der Waals surface area contributed by atoms with Gasteiger partial charge in [-0.3, -0.25) is 0 Å². The lowest BCUT2D eigenvalue weighted by Gasteiger charge is -2.15. The summed E-state index contributed by atoms with van der Waals surface area (Å²) >= 11 is 0. The molecule has 2 aromatic carbocycles. The normalized spacial score (nSPS) is 12.1. The minimum Gasteiger partial charge on any atom is -0.744 e. The van der Waals surface area contributed by atoms with E-state index in [0.717, 1.165) is 17.3 Å². The molecule has 0 spiro atoms. The number of rotatable bonds is 6. The zero-order chi connectivity index (χ0) is 23.7. The van der Waals surface area contributed by atoms with Gasteiger partial charge in [-0.1, -0.05) is 41.1 Å². The highest BCUT2D eigenvalue weighted by molar-refractivity contribution is 7.85. The second-order valence-electron chi connectivity index (χ2n) is 7.42. The van der Waals surface area contributed by atoms with Crippen LogP contribution in [0, 0.1) is 13.8 Å². The summed E-state index contributed by atoms with van der Waals surface area (Å²) < 4.78 is 79.7. The zero-order valence-corrected chi connectivity index (χ0v) is 18.1. The van der Waals surface area contributed by atoms with Crippen LogP contribution in [0.15, 0.2) is 59.6 Å². The molecule has 3 aromatic rings. The van der Waals surface area contributed by atoms with Crippen molar-refractivity contribution >= 4 is 10.1 Å². The Balaban J connectivity index is 1.73. The van der Waals surface area contributed by atoms with Crippen LogP contribution in [0.4, 0.5) is 13.2 Å². The molecular formula is C22H21F3N2O4S. The van der Waals surface area contributed by atoms with Gasteiger partial charge in [-0.15, -0.1) is 0 Å². The van der Waals surface area contributed by atoms with Crippen molar-refractivity contribution in [1.29, 1.82) is 0 Å². The van der Waals surface area contributed by atoms with Gasteiger partial charge in [0, 0.05) is 6.07 Å². The van der Waals surface area contributed by atoms with E-state index < -0.39 is 22.0 Å². The van der Waals surface area contributed by atoms with E-state index in [1.54, 1.807) is 50.2 Å².